The maximum atomic E-state index is 10.8. The summed E-state index contributed by atoms with van der Waals surface area (Å²) in [7, 11) is 0. The molecule has 1 unspecified atom stereocenters. The van der Waals surface area contributed by atoms with E-state index in [0.29, 0.717) is 0 Å². The third-order valence-corrected chi connectivity index (χ3v) is 1.36. The summed E-state index contributed by atoms with van der Waals surface area (Å²) < 4.78 is 0.0741. The van der Waals surface area contributed by atoms with Gasteiger partial charge in [0.25, 0.3) is 0 Å². The molecule has 0 spiro atoms. The third kappa shape index (κ3) is 4.69. The Morgan fingerprint density at radius 2 is 1.89 bits per heavy atom. The van der Waals surface area contributed by atoms with Crippen molar-refractivity contribution >= 4 is 28.5 Å². The number of nitrogens with one attached hydrogen (secondary N) is 1. The van der Waals surface area contributed by atoms with E-state index in [1.807, 2.05) is 20.8 Å². The topological polar surface area (TPSA) is 29.1 Å². The molecule has 1 atom stereocenters. The van der Waals surface area contributed by atoms with E-state index in [9.17, 15) is 4.79 Å². The molecule has 0 bridgehead atoms. The average Bonchev–Trinajstić information content (AvgIpc) is 1.63. The number of alkyl halides is 1. The molecular weight excluding hydrogens is 229 g/mol. The number of halogens is 1. The van der Waals surface area contributed by atoms with E-state index in [1.165, 1.54) is 0 Å². The first kappa shape index (κ1) is 9.20. The van der Waals surface area contributed by atoms with E-state index >= 15 is 0 Å². The third-order valence-electron chi connectivity index (χ3n) is 0.792. The van der Waals surface area contributed by atoms with E-state index in [2.05, 4.69) is 27.9 Å². The molecule has 0 heterocycles. The van der Waals surface area contributed by atoms with Crippen LogP contribution in [0.2, 0.25) is 0 Å². The second-order valence-electron chi connectivity index (χ2n) is 2.28. The number of carbonyl (C=O) groups is 1. The molecule has 9 heavy (non-hydrogen) atoms. The summed E-state index contributed by atoms with van der Waals surface area (Å²) in [5.74, 6) is 0.116. The van der Waals surface area contributed by atoms with Crippen molar-refractivity contribution in [3.05, 3.63) is 0 Å². The van der Waals surface area contributed by atoms with Crippen molar-refractivity contribution < 1.29 is 4.79 Å². The molecule has 0 saturated heterocycles. The molecule has 0 aliphatic heterocycles. The normalized spacial score (nSPS) is 13.4. The van der Waals surface area contributed by atoms with Gasteiger partial charge in [0.15, 0.2) is 0 Å². The maximum Gasteiger partial charge on any atom is 0.232 e. The summed E-state index contributed by atoms with van der Waals surface area (Å²) in [6.45, 7) is 5.78. The Labute approximate surface area is 69.5 Å². The van der Waals surface area contributed by atoms with Crippen LogP contribution in [0.1, 0.15) is 20.8 Å². The Morgan fingerprint density at radius 3 is 2.00 bits per heavy atom. The summed E-state index contributed by atoms with van der Waals surface area (Å²) in [6.07, 6.45) is 0. The summed E-state index contributed by atoms with van der Waals surface area (Å²) >= 11 is 2.09. The van der Waals surface area contributed by atoms with Gasteiger partial charge in [-0.3, -0.25) is 4.79 Å². The fourth-order valence-corrected chi connectivity index (χ4v) is 0.579. The molecule has 0 aromatic heterocycles. The van der Waals surface area contributed by atoms with Gasteiger partial charge in [-0.25, -0.2) is 0 Å². The molecule has 1 amide bonds. The fourth-order valence-electron chi connectivity index (χ4n) is 0.399. The first-order valence-electron chi connectivity index (χ1n) is 2.98. The van der Waals surface area contributed by atoms with Gasteiger partial charge in [0.1, 0.15) is 0 Å². The first-order valence-corrected chi connectivity index (χ1v) is 4.23. The molecule has 1 N–H and O–H groups in total. The quantitative estimate of drug-likeness (QED) is 0.573. The van der Waals surface area contributed by atoms with Crippen molar-refractivity contribution in [3.8, 4) is 0 Å². The van der Waals surface area contributed by atoms with Crippen molar-refractivity contribution in [1.29, 1.82) is 0 Å². The van der Waals surface area contributed by atoms with Crippen molar-refractivity contribution in [2.75, 3.05) is 0 Å². The SMILES string of the molecule is CC(C)NC(=O)C(C)I. The lowest BCUT2D eigenvalue weighted by molar-refractivity contribution is -0.120. The lowest BCUT2D eigenvalue weighted by atomic mass is 10.3. The number of hydrogen-bond donors (Lipinski definition) is 1. The van der Waals surface area contributed by atoms with Crippen molar-refractivity contribution in [3.63, 3.8) is 0 Å². The van der Waals surface area contributed by atoms with Crippen LogP contribution in [0, 0.1) is 0 Å². The zero-order valence-electron chi connectivity index (χ0n) is 5.94. The zero-order chi connectivity index (χ0) is 7.44. The summed E-state index contributed by atoms with van der Waals surface area (Å²) in [5, 5.41) is 2.80. The smallest absolute Gasteiger partial charge is 0.232 e. The van der Waals surface area contributed by atoms with E-state index in [-0.39, 0.29) is 15.9 Å². The molecule has 0 saturated carbocycles. The van der Waals surface area contributed by atoms with Crippen LogP contribution in [0.15, 0.2) is 0 Å². The first-order chi connectivity index (χ1) is 4.04. The average molecular weight is 241 g/mol. The second kappa shape index (κ2) is 4.09. The molecule has 3 heteroatoms. The fraction of sp³-hybridized carbons (Fsp3) is 0.833. The summed E-state index contributed by atoms with van der Waals surface area (Å²) in [6, 6.07) is 0.259. The second-order valence-corrected chi connectivity index (χ2v) is 4.15. The van der Waals surface area contributed by atoms with Crippen LogP contribution >= 0.6 is 22.6 Å². The van der Waals surface area contributed by atoms with Crippen LogP contribution in [0.4, 0.5) is 0 Å². The minimum absolute atomic E-state index is 0.0741. The van der Waals surface area contributed by atoms with Crippen LogP contribution in [-0.4, -0.2) is 15.9 Å². The molecular formula is C6H12INO. The number of rotatable bonds is 2. The maximum absolute atomic E-state index is 10.8. The predicted molar refractivity (Wildman–Crippen MR) is 46.8 cm³/mol. The molecule has 0 aromatic rings. The van der Waals surface area contributed by atoms with E-state index in [4.69, 9.17) is 0 Å². The van der Waals surface area contributed by atoms with Gasteiger partial charge in [-0.15, -0.1) is 0 Å². The molecule has 0 aliphatic rings. The van der Waals surface area contributed by atoms with Gasteiger partial charge in [-0.05, 0) is 20.8 Å². The highest BCUT2D eigenvalue weighted by atomic mass is 127. The monoisotopic (exact) mass is 241 g/mol. The van der Waals surface area contributed by atoms with Crippen molar-refractivity contribution in [2.45, 2.75) is 30.7 Å². The van der Waals surface area contributed by atoms with Gasteiger partial charge < -0.3 is 5.32 Å². The summed E-state index contributed by atoms with van der Waals surface area (Å²) in [4.78, 5) is 10.8. The Kier molecular flexibility index (Phi) is 4.18. The highest BCUT2D eigenvalue weighted by Gasteiger charge is 2.07. The minimum atomic E-state index is 0.0741. The summed E-state index contributed by atoms with van der Waals surface area (Å²) in [5.41, 5.74) is 0. The van der Waals surface area contributed by atoms with Gasteiger partial charge >= 0.3 is 0 Å². The van der Waals surface area contributed by atoms with Gasteiger partial charge in [0.2, 0.25) is 5.91 Å². The highest BCUT2D eigenvalue weighted by Crippen LogP contribution is 1.97. The Bertz CT molecular complexity index is 101. The van der Waals surface area contributed by atoms with Crippen LogP contribution in [0.25, 0.3) is 0 Å². The molecule has 54 valence electrons. The number of amides is 1. The lowest BCUT2D eigenvalue weighted by Gasteiger charge is -2.08. The predicted octanol–water partition coefficient (Wildman–Crippen LogP) is 1.33. The zero-order valence-corrected chi connectivity index (χ0v) is 8.10. The molecule has 0 radical (unpaired) electrons. The Morgan fingerprint density at radius 1 is 1.44 bits per heavy atom. The van der Waals surface area contributed by atoms with Crippen molar-refractivity contribution in [1.82, 2.24) is 5.32 Å². The number of carbonyl (C=O) groups excluding carboxylic acids is 1. The van der Waals surface area contributed by atoms with Gasteiger partial charge in [0, 0.05) is 6.04 Å². The molecule has 0 aliphatic carbocycles. The van der Waals surface area contributed by atoms with Crippen LogP contribution in [-0.2, 0) is 4.79 Å². The number of hydrogen-bond acceptors (Lipinski definition) is 1. The highest BCUT2D eigenvalue weighted by molar-refractivity contribution is 14.1. The Balaban J connectivity index is 3.51. The molecule has 0 fully saturated rings. The lowest BCUT2D eigenvalue weighted by Crippen LogP contribution is -2.34. The van der Waals surface area contributed by atoms with Crippen molar-refractivity contribution in [2.24, 2.45) is 0 Å². The van der Waals surface area contributed by atoms with E-state index < -0.39 is 0 Å². The van der Waals surface area contributed by atoms with Gasteiger partial charge in [-0.1, -0.05) is 22.6 Å². The molecule has 2 nitrogen and oxygen atoms in total. The standard InChI is InChI=1S/C6H12INO/c1-4(2)8-6(9)5(3)7/h4-5H,1-3H3,(H,8,9). The van der Waals surface area contributed by atoms with Crippen LogP contribution in [0.5, 0.6) is 0 Å². The molecule has 0 aromatic carbocycles. The van der Waals surface area contributed by atoms with Gasteiger partial charge in [-0.2, -0.15) is 0 Å². The van der Waals surface area contributed by atoms with E-state index in [1.54, 1.807) is 0 Å². The molecule has 0 rings (SSSR count). The van der Waals surface area contributed by atoms with E-state index in [0.717, 1.165) is 0 Å². The largest absolute Gasteiger partial charge is 0.353 e. The van der Waals surface area contributed by atoms with Crippen LogP contribution < -0.4 is 5.32 Å². The minimum Gasteiger partial charge on any atom is -0.353 e. The van der Waals surface area contributed by atoms with Crippen LogP contribution in [0.3, 0.4) is 0 Å². The van der Waals surface area contributed by atoms with Gasteiger partial charge in [0.05, 0.1) is 3.92 Å². The Hall–Kier alpha value is 0.200.